The van der Waals surface area contributed by atoms with Gasteiger partial charge in [0.25, 0.3) is 5.91 Å². The Kier molecular flexibility index (Phi) is 3.29. The van der Waals surface area contributed by atoms with Crippen molar-refractivity contribution in [3.8, 4) is 0 Å². The fraction of sp³-hybridized carbons (Fsp3) is 0.294. The summed E-state index contributed by atoms with van der Waals surface area (Å²) >= 11 is 0. The van der Waals surface area contributed by atoms with Gasteiger partial charge in [0.1, 0.15) is 0 Å². The van der Waals surface area contributed by atoms with E-state index in [9.17, 15) is 4.79 Å². The van der Waals surface area contributed by atoms with E-state index < -0.39 is 0 Å². The highest BCUT2D eigenvalue weighted by atomic mass is 16.1. The number of benzene rings is 1. The molecule has 0 aliphatic heterocycles. The molecule has 0 radical (unpaired) electrons. The Balaban J connectivity index is 1.64. The first kappa shape index (κ1) is 13.9. The van der Waals surface area contributed by atoms with E-state index in [0.717, 1.165) is 29.4 Å². The number of para-hydroxylation sites is 1. The number of amides is 1. The molecular weight excluding hydrogens is 290 g/mol. The summed E-state index contributed by atoms with van der Waals surface area (Å²) in [6.45, 7) is 1.93. The van der Waals surface area contributed by atoms with E-state index in [1.54, 1.807) is 18.5 Å². The van der Waals surface area contributed by atoms with Crippen LogP contribution >= 0.6 is 0 Å². The van der Waals surface area contributed by atoms with Gasteiger partial charge < -0.3 is 5.32 Å². The van der Waals surface area contributed by atoms with Gasteiger partial charge in [0.05, 0.1) is 23.3 Å². The van der Waals surface area contributed by atoms with Crippen molar-refractivity contribution in [2.24, 2.45) is 5.92 Å². The molecule has 1 unspecified atom stereocenters. The van der Waals surface area contributed by atoms with E-state index in [1.165, 1.54) is 0 Å². The first-order valence-corrected chi connectivity index (χ1v) is 7.75. The Labute approximate surface area is 133 Å². The minimum Gasteiger partial charge on any atom is -0.342 e. The summed E-state index contributed by atoms with van der Waals surface area (Å²) in [6, 6.07) is 7.32. The van der Waals surface area contributed by atoms with Gasteiger partial charge in [-0.25, -0.2) is 9.97 Å². The monoisotopic (exact) mass is 307 g/mol. The van der Waals surface area contributed by atoms with Crippen molar-refractivity contribution in [2.45, 2.75) is 25.8 Å². The number of rotatable bonds is 4. The molecule has 2 aromatic heterocycles. The summed E-state index contributed by atoms with van der Waals surface area (Å²) in [5.41, 5.74) is 2.26. The molecule has 2 heterocycles. The molecule has 0 spiro atoms. The van der Waals surface area contributed by atoms with Gasteiger partial charge in [-0.05, 0) is 37.8 Å². The van der Waals surface area contributed by atoms with Crippen LogP contribution < -0.4 is 5.32 Å². The Hall–Kier alpha value is -2.76. The third kappa shape index (κ3) is 2.67. The lowest BCUT2D eigenvalue weighted by Gasteiger charge is -2.17. The number of aromatic amines is 1. The SMILES string of the molecule is Cc1ccnc(C(NC(=O)c2cccc3cn[nH]c23)C2CC2)n1. The van der Waals surface area contributed by atoms with Crippen LogP contribution in [-0.4, -0.2) is 26.1 Å². The standard InChI is InChI=1S/C17H17N5O/c1-10-7-8-18-16(20-10)15(11-5-6-11)21-17(23)13-4-2-3-12-9-19-22-14(12)13/h2-4,7-9,11,15H,5-6H2,1H3,(H,19,22)(H,21,23). The number of hydrogen-bond acceptors (Lipinski definition) is 4. The van der Waals surface area contributed by atoms with E-state index in [0.29, 0.717) is 17.3 Å². The second-order valence-corrected chi connectivity index (χ2v) is 5.98. The molecule has 116 valence electrons. The van der Waals surface area contributed by atoms with Gasteiger partial charge in [-0.1, -0.05) is 12.1 Å². The number of aromatic nitrogens is 4. The molecule has 0 saturated heterocycles. The number of nitrogens with one attached hydrogen (secondary N) is 2. The maximum atomic E-state index is 12.7. The molecule has 1 amide bonds. The maximum Gasteiger partial charge on any atom is 0.254 e. The Morgan fingerprint density at radius 1 is 1.35 bits per heavy atom. The van der Waals surface area contributed by atoms with Crippen molar-refractivity contribution in [2.75, 3.05) is 0 Å². The predicted molar refractivity (Wildman–Crippen MR) is 85.8 cm³/mol. The van der Waals surface area contributed by atoms with Gasteiger partial charge in [-0.2, -0.15) is 5.10 Å². The molecule has 1 aromatic carbocycles. The molecule has 6 nitrogen and oxygen atoms in total. The highest BCUT2D eigenvalue weighted by molar-refractivity contribution is 6.05. The second-order valence-electron chi connectivity index (χ2n) is 5.98. The third-order valence-electron chi connectivity index (χ3n) is 4.19. The van der Waals surface area contributed by atoms with Gasteiger partial charge in [0.2, 0.25) is 0 Å². The number of H-pyrrole nitrogens is 1. The van der Waals surface area contributed by atoms with Crippen molar-refractivity contribution in [1.82, 2.24) is 25.5 Å². The summed E-state index contributed by atoms with van der Waals surface area (Å²) in [5.74, 6) is 0.987. The minimum absolute atomic E-state index is 0.123. The topological polar surface area (TPSA) is 83.6 Å². The van der Waals surface area contributed by atoms with Gasteiger partial charge in [0, 0.05) is 17.3 Å². The largest absolute Gasteiger partial charge is 0.342 e. The van der Waals surface area contributed by atoms with Gasteiger partial charge in [-0.3, -0.25) is 9.89 Å². The number of fused-ring (bicyclic) bond motifs is 1. The van der Waals surface area contributed by atoms with E-state index in [1.807, 2.05) is 25.1 Å². The Bertz CT molecular complexity index is 868. The quantitative estimate of drug-likeness (QED) is 0.776. The molecule has 1 fully saturated rings. The average Bonchev–Trinajstić information content (AvgIpc) is 3.28. The molecule has 4 rings (SSSR count). The van der Waals surface area contributed by atoms with Crippen LogP contribution in [0.1, 0.15) is 40.8 Å². The normalized spacial score (nSPS) is 15.5. The van der Waals surface area contributed by atoms with Crippen LogP contribution in [0.2, 0.25) is 0 Å². The summed E-state index contributed by atoms with van der Waals surface area (Å²) < 4.78 is 0. The molecule has 1 saturated carbocycles. The highest BCUT2D eigenvalue weighted by Gasteiger charge is 2.35. The van der Waals surface area contributed by atoms with Crippen LogP contribution in [0.3, 0.4) is 0 Å². The third-order valence-corrected chi connectivity index (χ3v) is 4.19. The Morgan fingerprint density at radius 2 is 2.22 bits per heavy atom. The number of nitrogens with zero attached hydrogens (tertiary/aromatic N) is 3. The van der Waals surface area contributed by atoms with Crippen molar-refractivity contribution >= 4 is 16.8 Å². The predicted octanol–water partition coefficient (Wildman–Crippen LogP) is 2.54. The van der Waals surface area contributed by atoms with Gasteiger partial charge >= 0.3 is 0 Å². The summed E-state index contributed by atoms with van der Waals surface area (Å²) in [4.78, 5) is 21.6. The summed E-state index contributed by atoms with van der Waals surface area (Å²) in [5, 5.41) is 10.9. The fourth-order valence-corrected chi connectivity index (χ4v) is 2.82. The summed E-state index contributed by atoms with van der Waals surface area (Å²) in [6.07, 6.45) is 5.65. The van der Waals surface area contributed by atoms with Crippen LogP contribution in [0.25, 0.3) is 10.9 Å². The maximum absolute atomic E-state index is 12.7. The lowest BCUT2D eigenvalue weighted by molar-refractivity contribution is 0.0931. The van der Waals surface area contributed by atoms with E-state index >= 15 is 0 Å². The molecule has 0 bridgehead atoms. The van der Waals surface area contributed by atoms with Gasteiger partial charge in [0.15, 0.2) is 5.82 Å². The van der Waals surface area contributed by atoms with E-state index in [2.05, 4.69) is 25.5 Å². The Morgan fingerprint density at radius 3 is 3.00 bits per heavy atom. The van der Waals surface area contributed by atoms with Crippen molar-refractivity contribution in [3.05, 3.63) is 53.7 Å². The van der Waals surface area contributed by atoms with Crippen LogP contribution in [0, 0.1) is 12.8 Å². The molecular formula is C17H17N5O. The van der Waals surface area contributed by atoms with Crippen molar-refractivity contribution in [3.63, 3.8) is 0 Å². The van der Waals surface area contributed by atoms with Crippen LogP contribution in [0.15, 0.2) is 36.7 Å². The van der Waals surface area contributed by atoms with Crippen LogP contribution in [-0.2, 0) is 0 Å². The fourth-order valence-electron chi connectivity index (χ4n) is 2.82. The smallest absolute Gasteiger partial charge is 0.254 e. The minimum atomic E-state index is -0.138. The first-order valence-electron chi connectivity index (χ1n) is 7.75. The van der Waals surface area contributed by atoms with Gasteiger partial charge in [-0.15, -0.1) is 0 Å². The lowest BCUT2D eigenvalue weighted by atomic mass is 10.1. The number of carbonyl (C=O) groups excluding carboxylic acids is 1. The molecule has 1 aliphatic carbocycles. The molecule has 2 N–H and O–H groups in total. The summed E-state index contributed by atoms with van der Waals surface area (Å²) in [7, 11) is 0. The molecule has 3 aromatic rings. The zero-order chi connectivity index (χ0) is 15.8. The molecule has 1 atom stereocenters. The molecule has 6 heteroatoms. The van der Waals surface area contributed by atoms with Crippen molar-refractivity contribution in [1.29, 1.82) is 0 Å². The molecule has 23 heavy (non-hydrogen) atoms. The zero-order valence-electron chi connectivity index (χ0n) is 12.8. The zero-order valence-corrected chi connectivity index (χ0v) is 12.8. The van der Waals surface area contributed by atoms with Crippen LogP contribution in [0.4, 0.5) is 0 Å². The number of aryl methyl sites for hydroxylation is 1. The van der Waals surface area contributed by atoms with E-state index in [-0.39, 0.29) is 11.9 Å². The highest BCUT2D eigenvalue weighted by Crippen LogP contribution is 2.40. The van der Waals surface area contributed by atoms with Crippen LogP contribution in [0.5, 0.6) is 0 Å². The first-order chi connectivity index (χ1) is 11.2. The average molecular weight is 307 g/mol. The van der Waals surface area contributed by atoms with E-state index in [4.69, 9.17) is 0 Å². The lowest BCUT2D eigenvalue weighted by Crippen LogP contribution is -2.31. The second kappa shape index (κ2) is 5.46. The number of carbonyl (C=O) groups is 1. The number of hydrogen-bond donors (Lipinski definition) is 2. The van der Waals surface area contributed by atoms with Crippen molar-refractivity contribution < 1.29 is 4.79 Å². The molecule has 1 aliphatic rings.